The monoisotopic (exact) mass is 280 g/mol. The number of benzene rings is 2. The molecule has 0 spiro atoms. The Morgan fingerprint density at radius 1 is 0.778 bits per heavy atom. The van der Waals surface area contributed by atoms with Crippen LogP contribution in [0.4, 0.5) is 0 Å². The molecular formula is C15H14Cl2O. The van der Waals surface area contributed by atoms with Gasteiger partial charge in [-0.15, -0.1) is 0 Å². The maximum Gasteiger partial charge on any atom is 0.115 e. The van der Waals surface area contributed by atoms with Crippen molar-refractivity contribution in [3.05, 3.63) is 69.7 Å². The van der Waals surface area contributed by atoms with Crippen molar-refractivity contribution in [2.75, 3.05) is 7.11 Å². The molecule has 1 nitrogen and oxygen atoms in total. The van der Waals surface area contributed by atoms with Crippen LogP contribution in [0, 0.1) is 0 Å². The van der Waals surface area contributed by atoms with Crippen LogP contribution in [0.2, 0.25) is 10.0 Å². The highest BCUT2D eigenvalue weighted by Gasteiger charge is 2.28. The van der Waals surface area contributed by atoms with Crippen LogP contribution in [0.5, 0.6) is 0 Å². The average Bonchev–Trinajstić information content (AvgIpc) is 2.39. The van der Waals surface area contributed by atoms with Gasteiger partial charge in [-0.1, -0.05) is 47.5 Å². The van der Waals surface area contributed by atoms with Gasteiger partial charge in [0.15, 0.2) is 0 Å². The lowest BCUT2D eigenvalue weighted by Gasteiger charge is -2.29. The van der Waals surface area contributed by atoms with Gasteiger partial charge in [0, 0.05) is 17.2 Å². The molecule has 0 saturated carbocycles. The maximum atomic E-state index is 5.91. The van der Waals surface area contributed by atoms with Gasteiger partial charge < -0.3 is 4.74 Å². The summed E-state index contributed by atoms with van der Waals surface area (Å²) in [7, 11) is 1.70. The third kappa shape index (κ3) is 2.54. The first-order chi connectivity index (χ1) is 8.56. The van der Waals surface area contributed by atoms with E-state index in [0.717, 1.165) is 11.1 Å². The fourth-order valence-electron chi connectivity index (χ4n) is 1.94. The van der Waals surface area contributed by atoms with E-state index in [4.69, 9.17) is 27.9 Å². The number of hydrogen-bond acceptors (Lipinski definition) is 1. The molecule has 0 atom stereocenters. The van der Waals surface area contributed by atoms with Crippen molar-refractivity contribution >= 4 is 23.2 Å². The number of rotatable bonds is 3. The summed E-state index contributed by atoms with van der Waals surface area (Å²) in [6.07, 6.45) is 0. The number of ether oxygens (including phenoxy) is 1. The predicted octanol–water partition coefficient (Wildman–Crippen LogP) is 4.90. The summed E-state index contributed by atoms with van der Waals surface area (Å²) in [5.41, 5.74) is 1.60. The van der Waals surface area contributed by atoms with Gasteiger partial charge in [-0.2, -0.15) is 0 Å². The molecular weight excluding hydrogens is 267 g/mol. The molecule has 2 aromatic rings. The normalized spacial score (nSPS) is 11.6. The number of halogens is 2. The summed E-state index contributed by atoms with van der Waals surface area (Å²) in [6, 6.07) is 15.4. The van der Waals surface area contributed by atoms with Crippen LogP contribution in [0.1, 0.15) is 18.1 Å². The second-order valence-corrected chi connectivity index (χ2v) is 5.12. The first kappa shape index (κ1) is 13.4. The van der Waals surface area contributed by atoms with Crippen LogP contribution in [0.25, 0.3) is 0 Å². The van der Waals surface area contributed by atoms with Gasteiger partial charge in [0.25, 0.3) is 0 Å². The van der Waals surface area contributed by atoms with Gasteiger partial charge in [-0.3, -0.25) is 0 Å². The van der Waals surface area contributed by atoms with Crippen molar-refractivity contribution in [3.8, 4) is 0 Å². The van der Waals surface area contributed by atoms with Gasteiger partial charge >= 0.3 is 0 Å². The van der Waals surface area contributed by atoms with Gasteiger partial charge in [-0.25, -0.2) is 0 Å². The Balaban J connectivity index is 2.47. The minimum atomic E-state index is -0.505. The Bertz CT molecular complexity index is 472. The summed E-state index contributed by atoms with van der Waals surface area (Å²) in [5, 5.41) is 1.43. The number of methoxy groups -OCH3 is 1. The molecule has 0 amide bonds. The smallest absolute Gasteiger partial charge is 0.115 e. The van der Waals surface area contributed by atoms with E-state index >= 15 is 0 Å². The molecule has 0 saturated heterocycles. The molecule has 94 valence electrons. The molecule has 0 unspecified atom stereocenters. The molecule has 2 rings (SSSR count). The molecule has 0 heterocycles. The largest absolute Gasteiger partial charge is 0.369 e. The molecule has 0 bridgehead atoms. The molecule has 0 aliphatic heterocycles. The van der Waals surface area contributed by atoms with Crippen molar-refractivity contribution in [1.82, 2.24) is 0 Å². The SMILES string of the molecule is COC(C)(c1ccc(Cl)cc1)c1ccc(Cl)cc1. The van der Waals surface area contributed by atoms with E-state index in [-0.39, 0.29) is 0 Å². The van der Waals surface area contributed by atoms with Gasteiger partial charge in [0.05, 0.1) is 0 Å². The van der Waals surface area contributed by atoms with E-state index < -0.39 is 5.60 Å². The molecule has 0 fully saturated rings. The highest BCUT2D eigenvalue weighted by molar-refractivity contribution is 6.30. The second kappa shape index (κ2) is 5.31. The first-order valence-electron chi connectivity index (χ1n) is 5.63. The van der Waals surface area contributed by atoms with Crippen LogP contribution < -0.4 is 0 Å². The standard InChI is InChI=1S/C15H14Cl2O/c1-15(18-2,11-3-7-13(16)8-4-11)12-5-9-14(17)10-6-12/h3-10H,1-2H3. The lowest BCUT2D eigenvalue weighted by Crippen LogP contribution is -2.25. The Kier molecular flexibility index (Phi) is 3.96. The summed E-state index contributed by atoms with van der Waals surface area (Å²) < 4.78 is 5.70. The lowest BCUT2D eigenvalue weighted by molar-refractivity contribution is 0.0391. The van der Waals surface area contributed by atoms with Crippen molar-refractivity contribution in [3.63, 3.8) is 0 Å². The van der Waals surface area contributed by atoms with Crippen LogP contribution in [-0.2, 0) is 10.3 Å². The van der Waals surface area contributed by atoms with Gasteiger partial charge in [-0.05, 0) is 42.3 Å². The van der Waals surface area contributed by atoms with Gasteiger partial charge in [0.2, 0.25) is 0 Å². The fraction of sp³-hybridized carbons (Fsp3) is 0.200. The van der Waals surface area contributed by atoms with Crippen LogP contribution >= 0.6 is 23.2 Å². The zero-order valence-corrected chi connectivity index (χ0v) is 11.8. The molecule has 3 heteroatoms. The Morgan fingerprint density at radius 2 is 1.11 bits per heavy atom. The predicted molar refractivity (Wildman–Crippen MR) is 76.4 cm³/mol. The van der Waals surface area contributed by atoms with Crippen molar-refractivity contribution in [1.29, 1.82) is 0 Å². The summed E-state index contributed by atoms with van der Waals surface area (Å²) in [6.45, 7) is 2.03. The third-order valence-corrected chi connectivity index (χ3v) is 3.70. The van der Waals surface area contributed by atoms with Crippen molar-refractivity contribution in [2.45, 2.75) is 12.5 Å². The van der Waals surface area contributed by atoms with Crippen molar-refractivity contribution < 1.29 is 4.74 Å². The Labute approximate surface area is 117 Å². The highest BCUT2D eigenvalue weighted by atomic mass is 35.5. The summed E-state index contributed by atoms with van der Waals surface area (Å²) in [5.74, 6) is 0. The molecule has 0 N–H and O–H groups in total. The zero-order valence-electron chi connectivity index (χ0n) is 10.3. The quantitative estimate of drug-likeness (QED) is 0.777. The zero-order chi connectivity index (χ0) is 13.2. The number of hydrogen-bond donors (Lipinski definition) is 0. The van der Waals surface area contributed by atoms with Crippen LogP contribution in [-0.4, -0.2) is 7.11 Å². The minimum Gasteiger partial charge on any atom is -0.369 e. The van der Waals surface area contributed by atoms with Crippen LogP contribution in [0.15, 0.2) is 48.5 Å². The molecule has 0 radical (unpaired) electrons. The average molecular weight is 281 g/mol. The maximum absolute atomic E-state index is 5.91. The molecule has 0 aliphatic rings. The molecule has 0 aromatic heterocycles. The third-order valence-electron chi connectivity index (χ3n) is 3.20. The van der Waals surface area contributed by atoms with E-state index in [2.05, 4.69) is 0 Å². The first-order valence-corrected chi connectivity index (χ1v) is 6.39. The Hall–Kier alpha value is -1.02. The topological polar surface area (TPSA) is 9.23 Å². The Morgan fingerprint density at radius 3 is 1.39 bits per heavy atom. The second-order valence-electron chi connectivity index (χ2n) is 4.25. The van der Waals surface area contributed by atoms with E-state index in [1.165, 1.54) is 0 Å². The van der Waals surface area contributed by atoms with Gasteiger partial charge in [0.1, 0.15) is 5.60 Å². The van der Waals surface area contributed by atoms with Crippen LogP contribution in [0.3, 0.4) is 0 Å². The lowest BCUT2D eigenvalue weighted by atomic mass is 9.88. The van der Waals surface area contributed by atoms with E-state index in [0.29, 0.717) is 10.0 Å². The molecule has 2 aromatic carbocycles. The molecule has 0 aliphatic carbocycles. The fourth-order valence-corrected chi connectivity index (χ4v) is 2.19. The molecule has 18 heavy (non-hydrogen) atoms. The highest BCUT2D eigenvalue weighted by Crippen LogP contribution is 2.33. The van der Waals surface area contributed by atoms with Crippen molar-refractivity contribution in [2.24, 2.45) is 0 Å². The summed E-state index contributed by atoms with van der Waals surface area (Å²) in [4.78, 5) is 0. The van der Waals surface area contributed by atoms with E-state index in [1.807, 2.05) is 55.5 Å². The van der Waals surface area contributed by atoms with E-state index in [1.54, 1.807) is 7.11 Å². The summed E-state index contributed by atoms with van der Waals surface area (Å²) >= 11 is 11.8. The minimum absolute atomic E-state index is 0.505. The van der Waals surface area contributed by atoms with E-state index in [9.17, 15) is 0 Å².